The van der Waals surface area contributed by atoms with Crippen LogP contribution in [0.4, 0.5) is 0 Å². The van der Waals surface area contributed by atoms with Crippen LogP contribution in [-0.2, 0) is 10.2 Å². The summed E-state index contributed by atoms with van der Waals surface area (Å²) in [5.74, 6) is -0.732. The van der Waals surface area contributed by atoms with Gasteiger partial charge in [0.1, 0.15) is 0 Å². The van der Waals surface area contributed by atoms with Crippen molar-refractivity contribution in [2.75, 3.05) is 0 Å². The summed E-state index contributed by atoms with van der Waals surface area (Å²) in [4.78, 5) is 10.7. The molecule has 3 nitrogen and oxygen atoms in total. The van der Waals surface area contributed by atoms with Gasteiger partial charge in [-0.05, 0) is 42.4 Å². The largest absolute Gasteiger partial charge is 0.481 e. The SMILES string of the molecule is N#Cc1ccc(C2(CCC(=O)O)CCC2)cc1. The molecule has 1 aromatic carbocycles. The quantitative estimate of drug-likeness (QED) is 0.863. The van der Waals surface area contributed by atoms with Crippen LogP contribution < -0.4 is 0 Å². The van der Waals surface area contributed by atoms with Gasteiger partial charge in [0.05, 0.1) is 11.6 Å². The maximum atomic E-state index is 10.7. The topological polar surface area (TPSA) is 61.1 Å². The molecule has 0 amide bonds. The minimum Gasteiger partial charge on any atom is -0.481 e. The average molecular weight is 229 g/mol. The van der Waals surface area contributed by atoms with E-state index in [1.165, 1.54) is 12.0 Å². The number of hydrogen-bond acceptors (Lipinski definition) is 2. The molecule has 0 spiro atoms. The fourth-order valence-electron chi connectivity index (χ4n) is 2.53. The van der Waals surface area contributed by atoms with Crippen molar-refractivity contribution >= 4 is 5.97 Å². The normalized spacial score (nSPS) is 16.9. The number of nitriles is 1. The van der Waals surface area contributed by atoms with E-state index in [-0.39, 0.29) is 11.8 Å². The highest BCUT2D eigenvalue weighted by molar-refractivity contribution is 5.67. The number of hydrogen-bond donors (Lipinski definition) is 1. The van der Waals surface area contributed by atoms with Gasteiger partial charge in [-0.15, -0.1) is 0 Å². The molecule has 0 aliphatic heterocycles. The lowest BCUT2D eigenvalue weighted by Crippen LogP contribution is -2.34. The zero-order valence-corrected chi connectivity index (χ0v) is 9.65. The van der Waals surface area contributed by atoms with Crippen LogP contribution in [-0.4, -0.2) is 11.1 Å². The van der Waals surface area contributed by atoms with Crippen molar-refractivity contribution in [3.8, 4) is 6.07 Å². The van der Waals surface area contributed by atoms with Crippen LogP contribution >= 0.6 is 0 Å². The third kappa shape index (κ3) is 2.31. The molecule has 0 atom stereocenters. The number of aliphatic carboxylic acids is 1. The lowest BCUT2D eigenvalue weighted by molar-refractivity contribution is -0.137. The van der Waals surface area contributed by atoms with Gasteiger partial charge in [0.2, 0.25) is 0 Å². The standard InChI is InChI=1S/C14H15NO2/c15-10-11-2-4-12(5-3-11)14(7-1-8-14)9-6-13(16)17/h2-5H,1,6-9H2,(H,16,17). The van der Waals surface area contributed by atoms with Crippen LogP contribution in [0.3, 0.4) is 0 Å². The van der Waals surface area contributed by atoms with Gasteiger partial charge in [0.25, 0.3) is 0 Å². The predicted octanol–water partition coefficient (Wildman–Crippen LogP) is 2.84. The van der Waals surface area contributed by atoms with Crippen molar-refractivity contribution in [2.45, 2.75) is 37.5 Å². The highest BCUT2D eigenvalue weighted by Crippen LogP contribution is 2.47. The molecule has 0 aromatic heterocycles. The summed E-state index contributed by atoms with van der Waals surface area (Å²) in [6.45, 7) is 0. The summed E-state index contributed by atoms with van der Waals surface area (Å²) in [6, 6.07) is 9.67. The fourth-order valence-corrected chi connectivity index (χ4v) is 2.53. The van der Waals surface area contributed by atoms with Crippen LogP contribution in [0, 0.1) is 11.3 Å². The summed E-state index contributed by atoms with van der Waals surface area (Å²) in [6.07, 6.45) is 4.21. The Bertz CT molecular complexity index is 452. The maximum absolute atomic E-state index is 10.7. The highest BCUT2D eigenvalue weighted by Gasteiger charge is 2.38. The number of benzene rings is 1. The first kappa shape index (κ1) is 11.7. The number of carboxylic acid groups (broad SMARTS) is 1. The smallest absolute Gasteiger partial charge is 0.303 e. The van der Waals surface area contributed by atoms with E-state index in [1.54, 1.807) is 0 Å². The second kappa shape index (κ2) is 4.58. The van der Waals surface area contributed by atoms with Gasteiger partial charge in [-0.1, -0.05) is 18.6 Å². The van der Waals surface area contributed by atoms with E-state index < -0.39 is 5.97 Å². The Morgan fingerprint density at radius 3 is 2.41 bits per heavy atom. The Hall–Kier alpha value is -1.82. The maximum Gasteiger partial charge on any atom is 0.303 e. The zero-order chi connectivity index (χ0) is 12.3. The lowest BCUT2D eigenvalue weighted by Gasteiger charge is -2.42. The molecule has 1 aromatic rings. The molecule has 0 unspecified atom stereocenters. The van der Waals surface area contributed by atoms with E-state index in [0.29, 0.717) is 12.0 Å². The summed E-state index contributed by atoms with van der Waals surface area (Å²) >= 11 is 0. The van der Waals surface area contributed by atoms with Crippen LogP contribution in [0.2, 0.25) is 0 Å². The molecule has 0 radical (unpaired) electrons. The number of nitrogens with zero attached hydrogens (tertiary/aromatic N) is 1. The molecule has 1 saturated carbocycles. The van der Waals surface area contributed by atoms with Gasteiger partial charge in [-0.3, -0.25) is 4.79 Å². The zero-order valence-electron chi connectivity index (χ0n) is 9.65. The van der Waals surface area contributed by atoms with Crippen LogP contribution in [0.15, 0.2) is 24.3 Å². The molecule has 1 fully saturated rings. The number of carbonyl (C=O) groups is 1. The molecule has 17 heavy (non-hydrogen) atoms. The van der Waals surface area contributed by atoms with Gasteiger partial charge < -0.3 is 5.11 Å². The lowest BCUT2D eigenvalue weighted by atomic mass is 9.62. The van der Waals surface area contributed by atoms with Crippen molar-refractivity contribution in [1.29, 1.82) is 5.26 Å². The average Bonchev–Trinajstić information content (AvgIpc) is 2.28. The van der Waals surface area contributed by atoms with E-state index >= 15 is 0 Å². The third-order valence-electron chi connectivity index (χ3n) is 3.75. The highest BCUT2D eigenvalue weighted by atomic mass is 16.4. The van der Waals surface area contributed by atoms with E-state index in [9.17, 15) is 4.79 Å². The molecule has 0 heterocycles. The summed E-state index contributed by atoms with van der Waals surface area (Å²) < 4.78 is 0. The molecule has 1 aliphatic rings. The summed E-state index contributed by atoms with van der Waals surface area (Å²) in [5.41, 5.74) is 1.89. The van der Waals surface area contributed by atoms with Crippen molar-refractivity contribution in [1.82, 2.24) is 0 Å². The second-order valence-electron chi connectivity index (χ2n) is 4.72. The minimum atomic E-state index is -0.732. The number of rotatable bonds is 4. The first-order valence-corrected chi connectivity index (χ1v) is 5.89. The molecule has 0 saturated heterocycles. The predicted molar refractivity (Wildman–Crippen MR) is 63.6 cm³/mol. The van der Waals surface area contributed by atoms with Gasteiger partial charge >= 0.3 is 5.97 Å². The van der Waals surface area contributed by atoms with Crippen molar-refractivity contribution < 1.29 is 9.90 Å². The van der Waals surface area contributed by atoms with Gasteiger partial charge in [0.15, 0.2) is 0 Å². The first-order valence-electron chi connectivity index (χ1n) is 5.89. The van der Waals surface area contributed by atoms with Crippen molar-refractivity contribution in [3.05, 3.63) is 35.4 Å². The molecule has 1 N–H and O–H groups in total. The Morgan fingerprint density at radius 2 is 2.00 bits per heavy atom. The molecule has 2 rings (SSSR count). The molecule has 3 heteroatoms. The van der Waals surface area contributed by atoms with Crippen LogP contribution in [0.5, 0.6) is 0 Å². The Labute approximate surface area is 101 Å². The first-order chi connectivity index (χ1) is 8.16. The van der Waals surface area contributed by atoms with Crippen LogP contribution in [0.1, 0.15) is 43.2 Å². The van der Waals surface area contributed by atoms with E-state index in [1.807, 2.05) is 24.3 Å². The molecule has 88 valence electrons. The Kier molecular flexibility index (Phi) is 3.14. The third-order valence-corrected chi connectivity index (χ3v) is 3.75. The fraction of sp³-hybridized carbons (Fsp3) is 0.429. The molecular weight excluding hydrogens is 214 g/mol. The van der Waals surface area contributed by atoms with Gasteiger partial charge in [-0.2, -0.15) is 5.26 Å². The van der Waals surface area contributed by atoms with Crippen molar-refractivity contribution in [3.63, 3.8) is 0 Å². The van der Waals surface area contributed by atoms with Gasteiger partial charge in [0, 0.05) is 6.42 Å². The van der Waals surface area contributed by atoms with Crippen LogP contribution in [0.25, 0.3) is 0 Å². The molecule has 0 bridgehead atoms. The molecule has 1 aliphatic carbocycles. The van der Waals surface area contributed by atoms with E-state index in [0.717, 1.165) is 12.8 Å². The van der Waals surface area contributed by atoms with E-state index in [2.05, 4.69) is 6.07 Å². The van der Waals surface area contributed by atoms with Gasteiger partial charge in [-0.25, -0.2) is 0 Å². The second-order valence-corrected chi connectivity index (χ2v) is 4.72. The number of carboxylic acids is 1. The minimum absolute atomic E-state index is 0.0480. The Morgan fingerprint density at radius 1 is 1.35 bits per heavy atom. The molecular formula is C14H15NO2. The van der Waals surface area contributed by atoms with Crippen molar-refractivity contribution in [2.24, 2.45) is 0 Å². The monoisotopic (exact) mass is 229 g/mol. The summed E-state index contributed by atoms with van der Waals surface area (Å²) in [5, 5.41) is 17.5. The van der Waals surface area contributed by atoms with E-state index in [4.69, 9.17) is 10.4 Å². The Balaban J connectivity index is 2.16. The summed E-state index contributed by atoms with van der Waals surface area (Å²) in [7, 11) is 0.